The van der Waals surface area contributed by atoms with Crippen LogP contribution in [-0.4, -0.2) is 17.3 Å². The highest BCUT2D eigenvalue weighted by molar-refractivity contribution is 9.10. The van der Waals surface area contributed by atoms with E-state index in [0.29, 0.717) is 17.4 Å². The van der Waals surface area contributed by atoms with Crippen LogP contribution in [0.25, 0.3) is 0 Å². The molecule has 110 valence electrons. The summed E-state index contributed by atoms with van der Waals surface area (Å²) in [7, 11) is 0. The SMILES string of the molecule is CC(C)(C)C(Br)C(=O)NC1CCOc2c(Cl)cccc21. The predicted molar refractivity (Wildman–Crippen MR) is 84.6 cm³/mol. The Kier molecular flexibility index (Phi) is 4.65. The highest BCUT2D eigenvalue weighted by Gasteiger charge is 2.32. The lowest BCUT2D eigenvalue weighted by atomic mass is 9.91. The van der Waals surface area contributed by atoms with E-state index in [1.807, 2.05) is 32.9 Å². The van der Waals surface area contributed by atoms with Gasteiger partial charge in [-0.05, 0) is 11.5 Å². The second kappa shape index (κ2) is 5.94. The molecule has 2 rings (SSSR count). The van der Waals surface area contributed by atoms with E-state index in [1.165, 1.54) is 0 Å². The summed E-state index contributed by atoms with van der Waals surface area (Å²) in [5, 5.41) is 3.67. The Bertz CT molecular complexity index is 513. The number of carbonyl (C=O) groups excluding carboxylic acids is 1. The van der Waals surface area contributed by atoms with Gasteiger partial charge in [-0.1, -0.05) is 60.4 Å². The maximum atomic E-state index is 12.3. The molecule has 1 aliphatic heterocycles. The normalized spacial score (nSPS) is 19.8. The minimum atomic E-state index is -0.236. The van der Waals surface area contributed by atoms with Crippen molar-refractivity contribution in [3.63, 3.8) is 0 Å². The summed E-state index contributed by atoms with van der Waals surface area (Å²) in [6.07, 6.45) is 0.753. The molecule has 0 saturated carbocycles. The van der Waals surface area contributed by atoms with Gasteiger partial charge in [0.15, 0.2) is 0 Å². The van der Waals surface area contributed by atoms with Crippen LogP contribution in [0.15, 0.2) is 18.2 Å². The molecule has 1 aromatic rings. The summed E-state index contributed by atoms with van der Waals surface area (Å²) >= 11 is 9.61. The van der Waals surface area contributed by atoms with Gasteiger partial charge in [-0.2, -0.15) is 0 Å². The van der Waals surface area contributed by atoms with Crippen LogP contribution >= 0.6 is 27.5 Å². The third kappa shape index (κ3) is 3.29. The van der Waals surface area contributed by atoms with Gasteiger partial charge in [0.25, 0.3) is 0 Å². The van der Waals surface area contributed by atoms with Gasteiger partial charge in [-0.15, -0.1) is 0 Å². The van der Waals surface area contributed by atoms with Crippen LogP contribution in [0.1, 0.15) is 38.8 Å². The van der Waals surface area contributed by atoms with Crippen LogP contribution in [0.4, 0.5) is 0 Å². The first kappa shape index (κ1) is 15.6. The minimum Gasteiger partial charge on any atom is -0.492 e. The van der Waals surface area contributed by atoms with Gasteiger partial charge in [-0.3, -0.25) is 4.79 Å². The molecule has 1 N–H and O–H groups in total. The van der Waals surface area contributed by atoms with Crippen molar-refractivity contribution >= 4 is 33.4 Å². The summed E-state index contributed by atoms with van der Waals surface area (Å²) in [6, 6.07) is 5.58. The number of ether oxygens (including phenoxy) is 1. The third-order valence-corrected chi connectivity index (χ3v) is 5.42. The van der Waals surface area contributed by atoms with E-state index in [4.69, 9.17) is 16.3 Å². The first-order chi connectivity index (χ1) is 9.30. The van der Waals surface area contributed by atoms with Gasteiger partial charge < -0.3 is 10.1 Å². The molecule has 1 aliphatic rings. The molecule has 1 aromatic carbocycles. The average molecular weight is 361 g/mol. The molecule has 1 heterocycles. The van der Waals surface area contributed by atoms with Crippen molar-refractivity contribution in [2.75, 3.05) is 6.61 Å². The second-order valence-corrected chi connectivity index (χ2v) is 7.41. The number of halogens is 2. The summed E-state index contributed by atoms with van der Waals surface area (Å²) in [4.78, 5) is 12.1. The average Bonchev–Trinajstić information content (AvgIpc) is 2.38. The van der Waals surface area contributed by atoms with Crippen molar-refractivity contribution in [1.29, 1.82) is 0 Å². The number of hydrogen-bond donors (Lipinski definition) is 1. The van der Waals surface area contributed by atoms with Crippen molar-refractivity contribution in [3.05, 3.63) is 28.8 Å². The second-order valence-electron chi connectivity index (χ2n) is 6.09. The molecule has 0 spiro atoms. The summed E-state index contributed by atoms with van der Waals surface area (Å²) < 4.78 is 5.60. The number of fused-ring (bicyclic) bond motifs is 1. The molecule has 0 saturated heterocycles. The molecule has 2 atom stereocenters. The van der Waals surface area contributed by atoms with Crippen LogP contribution in [0.5, 0.6) is 5.75 Å². The zero-order chi connectivity index (χ0) is 14.9. The van der Waals surface area contributed by atoms with Gasteiger partial charge in [-0.25, -0.2) is 0 Å². The van der Waals surface area contributed by atoms with Crippen molar-refractivity contribution in [2.24, 2.45) is 5.41 Å². The number of hydrogen-bond acceptors (Lipinski definition) is 2. The van der Waals surface area contributed by atoms with Gasteiger partial charge in [0.1, 0.15) is 5.75 Å². The molecular weight excluding hydrogens is 342 g/mol. The maximum Gasteiger partial charge on any atom is 0.234 e. The highest BCUT2D eigenvalue weighted by atomic mass is 79.9. The Balaban J connectivity index is 2.17. The fourth-order valence-corrected chi connectivity index (χ4v) is 2.54. The van der Waals surface area contributed by atoms with Crippen molar-refractivity contribution in [2.45, 2.75) is 38.1 Å². The van der Waals surface area contributed by atoms with Crippen LogP contribution in [0, 0.1) is 5.41 Å². The Morgan fingerprint density at radius 1 is 1.50 bits per heavy atom. The van der Waals surface area contributed by atoms with E-state index in [2.05, 4.69) is 21.2 Å². The maximum absolute atomic E-state index is 12.3. The quantitative estimate of drug-likeness (QED) is 0.807. The molecule has 20 heavy (non-hydrogen) atoms. The van der Waals surface area contributed by atoms with E-state index in [-0.39, 0.29) is 22.2 Å². The van der Waals surface area contributed by atoms with Crippen LogP contribution in [0.2, 0.25) is 5.02 Å². The molecule has 1 amide bonds. The van der Waals surface area contributed by atoms with Crippen LogP contribution in [0.3, 0.4) is 0 Å². The number of amides is 1. The Morgan fingerprint density at radius 3 is 2.85 bits per heavy atom. The molecule has 2 unspecified atom stereocenters. The van der Waals surface area contributed by atoms with Crippen molar-refractivity contribution in [1.82, 2.24) is 5.32 Å². The zero-order valence-electron chi connectivity index (χ0n) is 11.9. The van der Waals surface area contributed by atoms with E-state index in [1.54, 1.807) is 6.07 Å². The zero-order valence-corrected chi connectivity index (χ0v) is 14.2. The molecule has 0 aliphatic carbocycles. The minimum absolute atomic E-state index is 0.00433. The largest absolute Gasteiger partial charge is 0.492 e. The first-order valence-corrected chi connectivity index (χ1v) is 7.95. The smallest absolute Gasteiger partial charge is 0.234 e. The lowest BCUT2D eigenvalue weighted by Crippen LogP contribution is -2.41. The molecule has 0 bridgehead atoms. The van der Waals surface area contributed by atoms with Gasteiger partial charge >= 0.3 is 0 Å². The Hall–Kier alpha value is -0.740. The van der Waals surface area contributed by atoms with E-state index in [0.717, 1.165) is 12.0 Å². The first-order valence-electron chi connectivity index (χ1n) is 6.66. The monoisotopic (exact) mass is 359 g/mol. The number of alkyl halides is 1. The van der Waals surface area contributed by atoms with Crippen LogP contribution in [-0.2, 0) is 4.79 Å². The van der Waals surface area contributed by atoms with E-state index in [9.17, 15) is 4.79 Å². The fourth-order valence-electron chi connectivity index (χ4n) is 2.17. The number of para-hydroxylation sites is 1. The van der Waals surface area contributed by atoms with Gasteiger partial charge in [0.2, 0.25) is 5.91 Å². The Labute approximate surface area is 133 Å². The van der Waals surface area contributed by atoms with Crippen molar-refractivity contribution in [3.8, 4) is 5.75 Å². The summed E-state index contributed by atoms with van der Waals surface area (Å²) in [5.41, 5.74) is 0.817. The summed E-state index contributed by atoms with van der Waals surface area (Å²) in [6.45, 7) is 6.65. The molecule has 0 radical (unpaired) electrons. The van der Waals surface area contributed by atoms with E-state index >= 15 is 0 Å². The highest BCUT2D eigenvalue weighted by Crippen LogP contribution is 2.38. The standard InChI is InChI=1S/C15H19BrClNO2/c1-15(2,3)13(16)14(19)18-11-7-8-20-12-9(11)5-4-6-10(12)17/h4-6,11,13H,7-8H2,1-3H3,(H,18,19). The van der Waals surface area contributed by atoms with Crippen molar-refractivity contribution < 1.29 is 9.53 Å². The topological polar surface area (TPSA) is 38.3 Å². The fraction of sp³-hybridized carbons (Fsp3) is 0.533. The Morgan fingerprint density at radius 2 is 2.20 bits per heavy atom. The van der Waals surface area contributed by atoms with Gasteiger partial charge in [0, 0.05) is 12.0 Å². The summed E-state index contributed by atoms with van der Waals surface area (Å²) in [5.74, 6) is 0.683. The molecular formula is C15H19BrClNO2. The predicted octanol–water partition coefficient (Wildman–Crippen LogP) is 4.09. The number of rotatable bonds is 2. The lowest BCUT2D eigenvalue weighted by Gasteiger charge is -2.30. The lowest BCUT2D eigenvalue weighted by molar-refractivity contribution is -0.122. The number of benzene rings is 1. The van der Waals surface area contributed by atoms with Gasteiger partial charge in [0.05, 0.1) is 22.5 Å². The molecule has 0 fully saturated rings. The number of carbonyl (C=O) groups is 1. The molecule has 0 aromatic heterocycles. The third-order valence-electron chi connectivity index (χ3n) is 3.33. The molecule has 3 nitrogen and oxygen atoms in total. The number of nitrogens with one attached hydrogen (secondary N) is 1. The van der Waals surface area contributed by atoms with E-state index < -0.39 is 0 Å². The van der Waals surface area contributed by atoms with Crippen LogP contribution < -0.4 is 10.1 Å². The molecule has 5 heteroatoms.